The number of anilines is 1. The zero-order valence-corrected chi connectivity index (χ0v) is 18.6. The van der Waals surface area contributed by atoms with E-state index >= 15 is 0 Å². The summed E-state index contributed by atoms with van der Waals surface area (Å²) in [5, 5.41) is 2.23. The zero-order chi connectivity index (χ0) is 22.0. The number of benzene rings is 2. The van der Waals surface area contributed by atoms with Gasteiger partial charge in [0.05, 0.1) is 19.4 Å². The zero-order valence-electron chi connectivity index (χ0n) is 17.0. The van der Waals surface area contributed by atoms with E-state index in [1.807, 2.05) is 26.8 Å². The number of nitrogens with one attached hydrogen (secondary N) is 1. The fourth-order valence-electron chi connectivity index (χ4n) is 3.00. The maximum absolute atomic E-state index is 13.1. The standard InChI is InChI=1S/C22H21BrN2O5/c1-5-30-19-11-17(23)14(10-18(19)29-4)9-16-20(26)24-22(28)25(21(16)27)15-7-6-12(2)13(3)8-15/h6-11H,5H2,1-4H3,(H,24,26,28)/b16-9+. The highest BCUT2D eigenvalue weighted by Crippen LogP contribution is 2.35. The van der Waals surface area contributed by atoms with Crippen molar-refractivity contribution in [2.45, 2.75) is 20.8 Å². The summed E-state index contributed by atoms with van der Waals surface area (Å²) >= 11 is 3.43. The molecule has 1 fully saturated rings. The Kier molecular flexibility index (Phi) is 6.26. The number of hydrogen-bond donors (Lipinski definition) is 1. The normalized spacial score (nSPS) is 15.4. The molecule has 2 aromatic rings. The largest absolute Gasteiger partial charge is 0.493 e. The Bertz CT molecular complexity index is 1080. The van der Waals surface area contributed by atoms with Gasteiger partial charge in [0.2, 0.25) is 0 Å². The van der Waals surface area contributed by atoms with Crippen LogP contribution in [0.25, 0.3) is 6.08 Å². The van der Waals surface area contributed by atoms with Crippen molar-refractivity contribution >= 4 is 45.5 Å². The third-order valence-electron chi connectivity index (χ3n) is 4.73. The lowest BCUT2D eigenvalue weighted by molar-refractivity contribution is -0.122. The van der Waals surface area contributed by atoms with Crippen molar-refractivity contribution in [3.05, 3.63) is 57.1 Å². The summed E-state index contributed by atoms with van der Waals surface area (Å²) in [5.41, 5.74) is 2.71. The third-order valence-corrected chi connectivity index (χ3v) is 5.42. The highest BCUT2D eigenvalue weighted by atomic mass is 79.9. The Hall–Kier alpha value is -3.13. The molecule has 156 valence electrons. The van der Waals surface area contributed by atoms with Crippen molar-refractivity contribution in [1.29, 1.82) is 0 Å². The maximum atomic E-state index is 13.1. The van der Waals surface area contributed by atoms with E-state index < -0.39 is 17.8 Å². The van der Waals surface area contributed by atoms with Crippen molar-refractivity contribution in [3.63, 3.8) is 0 Å². The highest BCUT2D eigenvalue weighted by molar-refractivity contribution is 9.10. The minimum atomic E-state index is -0.784. The summed E-state index contributed by atoms with van der Waals surface area (Å²) in [6.07, 6.45) is 1.42. The number of barbiturate groups is 1. The van der Waals surface area contributed by atoms with Gasteiger partial charge in [0, 0.05) is 4.47 Å². The molecular formula is C22H21BrN2O5. The van der Waals surface area contributed by atoms with Crippen LogP contribution < -0.4 is 19.7 Å². The van der Waals surface area contributed by atoms with Crippen LogP contribution in [0.1, 0.15) is 23.6 Å². The van der Waals surface area contributed by atoms with Gasteiger partial charge in [0.15, 0.2) is 11.5 Å². The molecule has 4 amide bonds. The van der Waals surface area contributed by atoms with Crippen molar-refractivity contribution in [2.75, 3.05) is 18.6 Å². The van der Waals surface area contributed by atoms with Gasteiger partial charge in [-0.2, -0.15) is 0 Å². The number of rotatable bonds is 5. The number of nitrogens with zero attached hydrogens (tertiary/aromatic N) is 1. The number of urea groups is 1. The van der Waals surface area contributed by atoms with Crippen molar-refractivity contribution in [1.82, 2.24) is 5.32 Å². The first kappa shape index (κ1) is 21.6. The van der Waals surface area contributed by atoms with E-state index in [0.29, 0.717) is 33.8 Å². The summed E-state index contributed by atoms with van der Waals surface area (Å²) in [6.45, 7) is 6.13. The van der Waals surface area contributed by atoms with Gasteiger partial charge in [-0.1, -0.05) is 22.0 Å². The first-order valence-electron chi connectivity index (χ1n) is 9.25. The van der Waals surface area contributed by atoms with Crippen LogP contribution in [0.3, 0.4) is 0 Å². The number of hydrogen-bond acceptors (Lipinski definition) is 5. The number of carbonyl (C=O) groups is 3. The van der Waals surface area contributed by atoms with Gasteiger partial charge >= 0.3 is 6.03 Å². The molecule has 0 bridgehead atoms. The molecule has 1 N–H and O–H groups in total. The van der Waals surface area contributed by atoms with Gasteiger partial charge in [-0.3, -0.25) is 14.9 Å². The van der Waals surface area contributed by atoms with Crippen LogP contribution in [-0.2, 0) is 9.59 Å². The lowest BCUT2D eigenvalue weighted by Gasteiger charge is -2.27. The molecule has 30 heavy (non-hydrogen) atoms. The monoisotopic (exact) mass is 472 g/mol. The first-order valence-corrected chi connectivity index (χ1v) is 10.0. The van der Waals surface area contributed by atoms with Crippen molar-refractivity contribution in [3.8, 4) is 11.5 Å². The minimum Gasteiger partial charge on any atom is -0.493 e. The van der Waals surface area contributed by atoms with Crippen molar-refractivity contribution in [2.24, 2.45) is 0 Å². The second-order valence-corrected chi connectivity index (χ2v) is 7.54. The fourth-order valence-corrected chi connectivity index (χ4v) is 3.44. The van der Waals surface area contributed by atoms with Crippen LogP contribution in [0.15, 0.2) is 40.4 Å². The van der Waals surface area contributed by atoms with E-state index in [0.717, 1.165) is 16.0 Å². The van der Waals surface area contributed by atoms with Crippen LogP contribution >= 0.6 is 15.9 Å². The molecule has 0 spiro atoms. The Balaban J connectivity index is 2.05. The number of methoxy groups -OCH3 is 1. The van der Waals surface area contributed by atoms with E-state index in [1.54, 1.807) is 24.3 Å². The van der Waals surface area contributed by atoms with Crippen LogP contribution in [0.4, 0.5) is 10.5 Å². The number of amides is 4. The fraction of sp³-hybridized carbons (Fsp3) is 0.227. The molecule has 0 saturated carbocycles. The highest BCUT2D eigenvalue weighted by Gasteiger charge is 2.37. The summed E-state index contributed by atoms with van der Waals surface area (Å²) in [4.78, 5) is 38.9. The van der Waals surface area contributed by atoms with Gasteiger partial charge in [-0.15, -0.1) is 0 Å². The summed E-state index contributed by atoms with van der Waals surface area (Å²) in [5.74, 6) is -0.477. The molecule has 2 aromatic carbocycles. The SMILES string of the molecule is CCOc1cc(Br)c(/C=C2\C(=O)NC(=O)N(c3ccc(C)c(C)c3)C2=O)cc1OC. The molecule has 1 saturated heterocycles. The quantitative estimate of drug-likeness (QED) is 0.521. The topological polar surface area (TPSA) is 84.9 Å². The van der Waals surface area contributed by atoms with E-state index in [1.165, 1.54) is 13.2 Å². The van der Waals surface area contributed by atoms with Crippen LogP contribution in [0.5, 0.6) is 11.5 Å². The molecule has 0 radical (unpaired) electrons. The summed E-state index contributed by atoms with van der Waals surface area (Å²) < 4.78 is 11.5. The van der Waals surface area contributed by atoms with Gasteiger partial charge < -0.3 is 9.47 Å². The molecule has 0 aromatic heterocycles. The molecular weight excluding hydrogens is 452 g/mol. The predicted molar refractivity (Wildman–Crippen MR) is 117 cm³/mol. The average Bonchev–Trinajstić information content (AvgIpc) is 2.69. The number of carbonyl (C=O) groups excluding carboxylic acids is 3. The second-order valence-electron chi connectivity index (χ2n) is 6.68. The number of imide groups is 2. The maximum Gasteiger partial charge on any atom is 0.335 e. The first-order chi connectivity index (χ1) is 14.3. The molecule has 0 unspecified atom stereocenters. The van der Waals surface area contributed by atoms with E-state index in [4.69, 9.17) is 9.47 Å². The van der Waals surface area contributed by atoms with Crippen LogP contribution in [0.2, 0.25) is 0 Å². The number of halogens is 1. The molecule has 0 atom stereocenters. The Morgan fingerprint density at radius 3 is 2.43 bits per heavy atom. The Labute approximate surface area is 182 Å². The summed E-state index contributed by atoms with van der Waals surface area (Å²) in [6, 6.07) is 7.79. The second kappa shape index (κ2) is 8.71. The molecule has 1 aliphatic rings. The van der Waals surface area contributed by atoms with Crippen molar-refractivity contribution < 1.29 is 23.9 Å². The molecule has 8 heteroatoms. The van der Waals surface area contributed by atoms with E-state index in [2.05, 4.69) is 21.2 Å². The average molecular weight is 473 g/mol. The molecule has 0 aliphatic carbocycles. The van der Waals surface area contributed by atoms with Gasteiger partial charge in [-0.25, -0.2) is 9.69 Å². The Morgan fingerprint density at radius 1 is 1.07 bits per heavy atom. The Morgan fingerprint density at radius 2 is 1.80 bits per heavy atom. The lowest BCUT2D eigenvalue weighted by atomic mass is 10.0. The van der Waals surface area contributed by atoms with Gasteiger partial charge in [-0.05, 0) is 67.8 Å². The smallest absolute Gasteiger partial charge is 0.335 e. The van der Waals surface area contributed by atoms with Gasteiger partial charge in [0.1, 0.15) is 5.57 Å². The van der Waals surface area contributed by atoms with Crippen LogP contribution in [0, 0.1) is 13.8 Å². The molecule has 3 rings (SSSR count). The number of aryl methyl sites for hydroxylation is 2. The molecule has 1 heterocycles. The predicted octanol–water partition coefficient (Wildman–Crippen LogP) is 4.14. The molecule has 1 aliphatic heterocycles. The minimum absolute atomic E-state index is 0.167. The summed E-state index contributed by atoms with van der Waals surface area (Å²) in [7, 11) is 1.50. The molecule has 7 nitrogen and oxygen atoms in total. The third kappa shape index (κ3) is 4.09. The lowest BCUT2D eigenvalue weighted by Crippen LogP contribution is -2.54. The van der Waals surface area contributed by atoms with Gasteiger partial charge in [0.25, 0.3) is 11.8 Å². The number of ether oxygens (including phenoxy) is 2. The van der Waals surface area contributed by atoms with E-state index in [9.17, 15) is 14.4 Å². The van der Waals surface area contributed by atoms with Crippen LogP contribution in [-0.4, -0.2) is 31.6 Å². The van der Waals surface area contributed by atoms with E-state index in [-0.39, 0.29) is 5.57 Å².